The lowest BCUT2D eigenvalue weighted by molar-refractivity contribution is 0.322. The molecule has 0 aliphatic rings. The van der Waals surface area contributed by atoms with E-state index < -0.39 is 0 Å². The third-order valence-corrected chi connectivity index (χ3v) is 4.39. The van der Waals surface area contributed by atoms with E-state index in [0.717, 1.165) is 25.9 Å². The van der Waals surface area contributed by atoms with Gasteiger partial charge < -0.3 is 20.9 Å². The standard InChI is InChI=1S/C22H26N4O2/c1-2-12-24-15-17-9-7-16(8-10-17)11-13-28-21-14-19(25-26-22(21)23)18-5-3-4-6-20(18)27/h3-10,14,24,27H,2,11-13,15H2,1H3,(H2,23,26). The Morgan fingerprint density at radius 1 is 1.04 bits per heavy atom. The molecule has 4 N–H and O–H groups in total. The lowest BCUT2D eigenvalue weighted by atomic mass is 10.1. The summed E-state index contributed by atoms with van der Waals surface area (Å²) in [4.78, 5) is 0. The lowest BCUT2D eigenvalue weighted by Gasteiger charge is -2.10. The van der Waals surface area contributed by atoms with Gasteiger partial charge in [0, 0.05) is 24.6 Å². The Bertz CT molecular complexity index is 897. The number of aromatic hydroxyl groups is 1. The number of benzene rings is 2. The van der Waals surface area contributed by atoms with E-state index in [1.54, 1.807) is 24.3 Å². The molecule has 6 nitrogen and oxygen atoms in total. The molecule has 1 heterocycles. The molecule has 1 aromatic heterocycles. The molecular weight excluding hydrogens is 352 g/mol. The van der Waals surface area contributed by atoms with Crippen molar-refractivity contribution in [3.63, 3.8) is 0 Å². The first-order valence-electron chi connectivity index (χ1n) is 9.50. The van der Waals surface area contributed by atoms with Gasteiger partial charge in [0.15, 0.2) is 11.6 Å². The van der Waals surface area contributed by atoms with E-state index in [4.69, 9.17) is 10.5 Å². The number of nitrogens with two attached hydrogens (primary N) is 1. The fourth-order valence-electron chi connectivity index (χ4n) is 2.83. The summed E-state index contributed by atoms with van der Waals surface area (Å²) in [6.45, 7) is 4.55. The summed E-state index contributed by atoms with van der Waals surface area (Å²) >= 11 is 0. The largest absolute Gasteiger partial charge is 0.507 e. The van der Waals surface area contributed by atoms with Crippen molar-refractivity contribution in [3.05, 3.63) is 65.7 Å². The van der Waals surface area contributed by atoms with Gasteiger partial charge in [0.05, 0.1) is 6.61 Å². The fraction of sp³-hybridized carbons (Fsp3) is 0.273. The minimum absolute atomic E-state index is 0.140. The number of nitrogens with zero attached hydrogens (tertiary/aromatic N) is 2. The lowest BCUT2D eigenvalue weighted by Crippen LogP contribution is -2.13. The molecule has 3 aromatic rings. The third-order valence-electron chi connectivity index (χ3n) is 4.39. The van der Waals surface area contributed by atoms with E-state index >= 15 is 0 Å². The van der Waals surface area contributed by atoms with Gasteiger partial charge in [-0.1, -0.05) is 43.3 Å². The van der Waals surface area contributed by atoms with Crippen LogP contribution in [0, 0.1) is 0 Å². The number of anilines is 1. The summed E-state index contributed by atoms with van der Waals surface area (Å²) in [5.41, 5.74) is 9.47. The van der Waals surface area contributed by atoms with Crippen LogP contribution in [0.15, 0.2) is 54.6 Å². The molecule has 0 amide bonds. The zero-order valence-corrected chi connectivity index (χ0v) is 16.1. The highest BCUT2D eigenvalue weighted by molar-refractivity contribution is 5.68. The van der Waals surface area contributed by atoms with Gasteiger partial charge in [-0.15, -0.1) is 10.2 Å². The maximum Gasteiger partial charge on any atom is 0.188 e. The highest BCUT2D eigenvalue weighted by atomic mass is 16.5. The second kappa shape index (κ2) is 9.71. The van der Waals surface area contributed by atoms with E-state index in [9.17, 15) is 5.11 Å². The quantitative estimate of drug-likeness (QED) is 0.493. The predicted molar refractivity (Wildman–Crippen MR) is 111 cm³/mol. The second-order valence-corrected chi connectivity index (χ2v) is 6.59. The first-order chi connectivity index (χ1) is 13.7. The second-order valence-electron chi connectivity index (χ2n) is 6.59. The molecule has 0 bridgehead atoms. The first kappa shape index (κ1) is 19.6. The van der Waals surface area contributed by atoms with Crippen molar-refractivity contribution in [2.45, 2.75) is 26.3 Å². The zero-order valence-electron chi connectivity index (χ0n) is 16.1. The minimum Gasteiger partial charge on any atom is -0.507 e. The summed E-state index contributed by atoms with van der Waals surface area (Å²) < 4.78 is 5.83. The van der Waals surface area contributed by atoms with Crippen molar-refractivity contribution in [2.75, 3.05) is 18.9 Å². The summed E-state index contributed by atoms with van der Waals surface area (Å²) in [5.74, 6) is 0.839. The molecule has 3 rings (SSSR count). The van der Waals surface area contributed by atoms with Gasteiger partial charge >= 0.3 is 0 Å². The van der Waals surface area contributed by atoms with Crippen molar-refractivity contribution in [2.24, 2.45) is 0 Å². The van der Waals surface area contributed by atoms with Crippen molar-refractivity contribution < 1.29 is 9.84 Å². The molecule has 28 heavy (non-hydrogen) atoms. The average molecular weight is 378 g/mol. The highest BCUT2D eigenvalue weighted by Gasteiger charge is 2.10. The van der Waals surface area contributed by atoms with Crippen LogP contribution in [0.3, 0.4) is 0 Å². The van der Waals surface area contributed by atoms with E-state index in [0.29, 0.717) is 23.6 Å². The predicted octanol–water partition coefficient (Wildman–Crippen LogP) is 3.55. The van der Waals surface area contributed by atoms with Crippen LogP contribution in [0.25, 0.3) is 11.3 Å². The minimum atomic E-state index is 0.140. The van der Waals surface area contributed by atoms with Crippen LogP contribution < -0.4 is 15.8 Å². The number of hydrogen-bond donors (Lipinski definition) is 3. The molecule has 0 unspecified atom stereocenters. The van der Waals surface area contributed by atoms with Crippen molar-refractivity contribution in [1.82, 2.24) is 15.5 Å². The Balaban J connectivity index is 1.59. The van der Waals surface area contributed by atoms with Crippen LogP contribution in [0.2, 0.25) is 0 Å². The first-order valence-corrected chi connectivity index (χ1v) is 9.50. The number of hydrogen-bond acceptors (Lipinski definition) is 6. The number of phenolic OH excluding ortho intramolecular Hbond substituents is 1. The molecule has 6 heteroatoms. The van der Waals surface area contributed by atoms with Gasteiger partial charge in [-0.25, -0.2) is 0 Å². The van der Waals surface area contributed by atoms with Gasteiger partial charge in [-0.3, -0.25) is 0 Å². The van der Waals surface area contributed by atoms with Crippen molar-refractivity contribution in [3.8, 4) is 22.8 Å². The molecule has 0 saturated heterocycles. The van der Waals surface area contributed by atoms with Gasteiger partial charge in [0.25, 0.3) is 0 Å². The fourth-order valence-corrected chi connectivity index (χ4v) is 2.83. The SMILES string of the molecule is CCCNCc1ccc(CCOc2cc(-c3ccccc3O)nnc2N)cc1. The van der Waals surface area contributed by atoms with Crippen molar-refractivity contribution in [1.29, 1.82) is 0 Å². The number of phenols is 1. The summed E-state index contributed by atoms with van der Waals surface area (Å²) in [6, 6.07) is 17.2. The van der Waals surface area contributed by atoms with Gasteiger partial charge in [-0.2, -0.15) is 0 Å². The maximum absolute atomic E-state index is 10.00. The number of ether oxygens (including phenoxy) is 1. The Labute approximate surface area is 165 Å². The summed E-state index contributed by atoms with van der Waals surface area (Å²) in [5, 5.41) is 21.4. The molecule has 2 aromatic carbocycles. The average Bonchev–Trinajstić information content (AvgIpc) is 2.71. The number of rotatable bonds is 9. The van der Waals surface area contributed by atoms with Gasteiger partial charge in [0.1, 0.15) is 11.4 Å². The van der Waals surface area contributed by atoms with Gasteiger partial charge in [-0.05, 0) is 36.2 Å². The van der Waals surface area contributed by atoms with Gasteiger partial charge in [0.2, 0.25) is 0 Å². The number of aromatic nitrogens is 2. The molecule has 0 radical (unpaired) electrons. The maximum atomic E-state index is 10.00. The molecule has 0 fully saturated rings. The molecule has 146 valence electrons. The Morgan fingerprint density at radius 2 is 1.79 bits per heavy atom. The Hall–Kier alpha value is -3.12. The van der Waals surface area contributed by atoms with E-state index in [1.165, 1.54) is 11.1 Å². The summed E-state index contributed by atoms with van der Waals surface area (Å²) in [7, 11) is 0. The molecular formula is C22H26N4O2. The van der Waals surface area contributed by atoms with E-state index in [-0.39, 0.29) is 11.6 Å². The number of para-hydroxylation sites is 1. The van der Waals surface area contributed by atoms with Crippen LogP contribution in [-0.4, -0.2) is 28.5 Å². The van der Waals surface area contributed by atoms with Crippen LogP contribution >= 0.6 is 0 Å². The van der Waals surface area contributed by atoms with Crippen molar-refractivity contribution >= 4 is 5.82 Å². The topological polar surface area (TPSA) is 93.3 Å². The van der Waals surface area contributed by atoms with Crippen LogP contribution in [-0.2, 0) is 13.0 Å². The molecule has 0 saturated carbocycles. The van der Waals surface area contributed by atoms with Crippen LogP contribution in [0.5, 0.6) is 11.5 Å². The van der Waals surface area contributed by atoms with E-state index in [1.807, 2.05) is 6.07 Å². The monoisotopic (exact) mass is 378 g/mol. The van der Waals surface area contributed by atoms with Crippen LogP contribution in [0.1, 0.15) is 24.5 Å². The third kappa shape index (κ3) is 5.20. The number of nitrogen functional groups attached to an aromatic ring is 1. The normalized spacial score (nSPS) is 10.8. The smallest absolute Gasteiger partial charge is 0.188 e. The Kier molecular flexibility index (Phi) is 6.81. The van der Waals surface area contributed by atoms with Crippen LogP contribution in [0.4, 0.5) is 5.82 Å². The molecule has 0 aliphatic heterocycles. The zero-order chi connectivity index (χ0) is 19.8. The highest BCUT2D eigenvalue weighted by Crippen LogP contribution is 2.30. The Morgan fingerprint density at radius 3 is 2.54 bits per heavy atom. The summed E-state index contributed by atoms with van der Waals surface area (Å²) in [6.07, 6.45) is 1.89. The molecule has 0 atom stereocenters. The molecule has 0 spiro atoms. The molecule has 0 aliphatic carbocycles. The number of nitrogens with one attached hydrogen (secondary N) is 1. The van der Waals surface area contributed by atoms with E-state index in [2.05, 4.69) is 46.7 Å².